The van der Waals surface area contributed by atoms with Crippen LogP contribution in [0.15, 0.2) is 59.3 Å². The van der Waals surface area contributed by atoms with Crippen LogP contribution < -0.4 is 9.47 Å². The molecular weight excluding hydrogens is 456 g/mol. The van der Waals surface area contributed by atoms with Crippen LogP contribution >= 0.6 is 0 Å². The summed E-state index contributed by atoms with van der Waals surface area (Å²) in [5, 5.41) is 1.23. The third-order valence-corrected chi connectivity index (χ3v) is 6.78. The van der Waals surface area contributed by atoms with E-state index in [2.05, 4.69) is 39.3 Å². The number of ether oxygens (including phenoxy) is 2. The molecule has 0 aliphatic carbocycles. The molecule has 0 radical (unpaired) electrons. The van der Waals surface area contributed by atoms with Crippen molar-refractivity contribution < 1.29 is 18.7 Å². The molecule has 1 N–H and O–H groups in total. The number of hydrogen-bond acceptors (Lipinski definition) is 6. The number of oxazole rings is 1. The number of amides is 1. The summed E-state index contributed by atoms with van der Waals surface area (Å²) < 4.78 is 16.8. The molecule has 0 spiro atoms. The molecule has 8 nitrogen and oxygen atoms in total. The molecule has 1 saturated heterocycles. The Morgan fingerprint density at radius 2 is 1.92 bits per heavy atom. The molecule has 1 aliphatic rings. The fourth-order valence-electron chi connectivity index (χ4n) is 4.83. The van der Waals surface area contributed by atoms with E-state index in [1.54, 1.807) is 14.2 Å². The lowest BCUT2D eigenvalue weighted by atomic mass is 10.1. The largest absolute Gasteiger partial charge is 0.497 e. The lowest BCUT2D eigenvalue weighted by Gasteiger charge is -2.22. The maximum Gasteiger partial charge on any atom is 0.275 e. The van der Waals surface area contributed by atoms with E-state index in [4.69, 9.17) is 13.9 Å². The molecule has 2 aromatic carbocycles. The Labute approximate surface area is 210 Å². The summed E-state index contributed by atoms with van der Waals surface area (Å²) in [5.41, 5.74) is 3.77. The van der Waals surface area contributed by atoms with Gasteiger partial charge in [0.15, 0.2) is 5.69 Å². The second-order valence-electron chi connectivity index (χ2n) is 9.12. The number of rotatable bonds is 10. The van der Waals surface area contributed by atoms with E-state index >= 15 is 0 Å². The molecule has 8 heteroatoms. The highest BCUT2D eigenvalue weighted by Crippen LogP contribution is 2.27. The number of likely N-dealkylation sites (tertiary alicyclic amines) is 1. The molecule has 3 heterocycles. The van der Waals surface area contributed by atoms with Crippen molar-refractivity contribution in [3.8, 4) is 11.5 Å². The second-order valence-corrected chi connectivity index (χ2v) is 9.12. The number of aromatic nitrogens is 2. The highest BCUT2D eigenvalue weighted by molar-refractivity contribution is 5.92. The standard InChI is InChI=1S/C28H32N4O4/c1-34-22-9-10-26(35-2)21(15-22)17-31(14-11-20-16-29-24-8-4-3-7-23(20)24)18-27-30-25(19-36-27)28(33)32-12-5-6-13-32/h3-4,7-10,15-16,19,29H,5-6,11-14,17-18H2,1-2H3. The second kappa shape index (κ2) is 10.9. The van der Waals surface area contributed by atoms with Crippen molar-refractivity contribution >= 4 is 16.8 Å². The molecule has 1 amide bonds. The van der Waals surface area contributed by atoms with Crippen molar-refractivity contribution in [3.05, 3.63) is 77.6 Å². The third-order valence-electron chi connectivity index (χ3n) is 6.78. The van der Waals surface area contributed by atoms with Gasteiger partial charge in [-0.05, 0) is 49.1 Å². The minimum atomic E-state index is -0.0534. The van der Waals surface area contributed by atoms with Crippen molar-refractivity contribution in [1.29, 1.82) is 0 Å². The van der Waals surface area contributed by atoms with E-state index in [0.29, 0.717) is 24.7 Å². The number of aromatic amines is 1. The summed E-state index contributed by atoms with van der Waals surface area (Å²) in [6, 6.07) is 14.1. The van der Waals surface area contributed by atoms with E-state index in [1.807, 2.05) is 29.2 Å². The number of hydrogen-bond donors (Lipinski definition) is 1. The topological polar surface area (TPSA) is 83.8 Å². The van der Waals surface area contributed by atoms with Crippen molar-refractivity contribution in [2.24, 2.45) is 0 Å². The molecule has 0 bridgehead atoms. The van der Waals surface area contributed by atoms with E-state index in [0.717, 1.165) is 61.5 Å². The Morgan fingerprint density at radius 3 is 2.72 bits per heavy atom. The van der Waals surface area contributed by atoms with Crippen LogP contribution in [0.25, 0.3) is 10.9 Å². The van der Waals surface area contributed by atoms with Gasteiger partial charge in [-0.3, -0.25) is 9.69 Å². The van der Waals surface area contributed by atoms with Crippen molar-refractivity contribution in [2.75, 3.05) is 33.9 Å². The van der Waals surface area contributed by atoms with E-state index in [9.17, 15) is 4.79 Å². The van der Waals surface area contributed by atoms with Gasteiger partial charge in [0.2, 0.25) is 5.89 Å². The maximum atomic E-state index is 12.8. The fourth-order valence-corrected chi connectivity index (χ4v) is 4.83. The molecule has 0 atom stereocenters. The number of carbonyl (C=O) groups excluding carboxylic acids is 1. The van der Waals surface area contributed by atoms with Gasteiger partial charge in [0.1, 0.15) is 17.8 Å². The fraction of sp³-hybridized carbons (Fsp3) is 0.357. The summed E-state index contributed by atoms with van der Waals surface area (Å²) in [4.78, 5) is 24.8. The van der Waals surface area contributed by atoms with Crippen molar-refractivity contribution in [2.45, 2.75) is 32.4 Å². The smallest absolute Gasteiger partial charge is 0.275 e. The first-order valence-corrected chi connectivity index (χ1v) is 12.4. The van der Waals surface area contributed by atoms with Gasteiger partial charge in [-0.15, -0.1) is 0 Å². The molecule has 2 aromatic heterocycles. The van der Waals surface area contributed by atoms with Crippen LogP contribution in [-0.2, 0) is 19.5 Å². The lowest BCUT2D eigenvalue weighted by molar-refractivity contribution is 0.0787. The summed E-state index contributed by atoms with van der Waals surface area (Å²) in [7, 11) is 3.33. The lowest BCUT2D eigenvalue weighted by Crippen LogP contribution is -2.28. The molecule has 36 heavy (non-hydrogen) atoms. The first-order valence-electron chi connectivity index (χ1n) is 12.4. The monoisotopic (exact) mass is 488 g/mol. The Bertz CT molecular complexity index is 1320. The van der Waals surface area contributed by atoms with Crippen LogP contribution in [0.5, 0.6) is 11.5 Å². The minimum absolute atomic E-state index is 0.0534. The number of para-hydroxylation sites is 1. The zero-order valence-corrected chi connectivity index (χ0v) is 20.8. The number of H-pyrrole nitrogens is 1. The van der Waals surface area contributed by atoms with Gasteiger partial charge in [-0.1, -0.05) is 18.2 Å². The quantitative estimate of drug-likeness (QED) is 0.350. The number of benzene rings is 2. The normalized spacial score (nSPS) is 13.6. The number of nitrogens with zero attached hydrogens (tertiary/aromatic N) is 3. The van der Waals surface area contributed by atoms with Gasteiger partial charge in [0.25, 0.3) is 5.91 Å². The summed E-state index contributed by atoms with van der Waals surface area (Å²) >= 11 is 0. The SMILES string of the molecule is COc1ccc(OC)c(CN(CCc2c[nH]c3ccccc23)Cc2nc(C(=O)N3CCCC3)co2)c1. The van der Waals surface area contributed by atoms with E-state index < -0.39 is 0 Å². The molecule has 0 saturated carbocycles. The molecular formula is C28H32N4O4. The van der Waals surface area contributed by atoms with Gasteiger partial charge < -0.3 is 23.8 Å². The van der Waals surface area contributed by atoms with Crippen LogP contribution in [0.3, 0.4) is 0 Å². The molecule has 0 unspecified atom stereocenters. The molecule has 4 aromatic rings. The zero-order valence-electron chi connectivity index (χ0n) is 20.8. The molecule has 1 aliphatic heterocycles. The summed E-state index contributed by atoms with van der Waals surface area (Å²) in [6.45, 7) is 3.41. The predicted octanol–water partition coefficient (Wildman–Crippen LogP) is 4.65. The van der Waals surface area contributed by atoms with Gasteiger partial charge >= 0.3 is 0 Å². The summed E-state index contributed by atoms with van der Waals surface area (Å²) in [5.74, 6) is 2.04. The average Bonchev–Trinajstić information content (AvgIpc) is 3.68. The van der Waals surface area contributed by atoms with Gasteiger partial charge in [0, 0.05) is 48.8 Å². The van der Waals surface area contributed by atoms with Crippen LogP contribution in [0.1, 0.15) is 40.3 Å². The van der Waals surface area contributed by atoms with Crippen molar-refractivity contribution in [1.82, 2.24) is 19.8 Å². The zero-order chi connectivity index (χ0) is 24.9. The Morgan fingerprint density at radius 1 is 1.08 bits per heavy atom. The van der Waals surface area contributed by atoms with Crippen LogP contribution in [0.4, 0.5) is 0 Å². The number of carbonyl (C=O) groups is 1. The predicted molar refractivity (Wildman–Crippen MR) is 137 cm³/mol. The minimum Gasteiger partial charge on any atom is -0.497 e. The average molecular weight is 489 g/mol. The highest BCUT2D eigenvalue weighted by atomic mass is 16.5. The van der Waals surface area contributed by atoms with E-state index in [-0.39, 0.29) is 5.91 Å². The highest BCUT2D eigenvalue weighted by Gasteiger charge is 2.23. The first kappa shape index (κ1) is 23.9. The van der Waals surface area contributed by atoms with Crippen molar-refractivity contribution in [3.63, 3.8) is 0 Å². The van der Waals surface area contributed by atoms with Crippen LogP contribution in [-0.4, -0.2) is 59.5 Å². The van der Waals surface area contributed by atoms with Gasteiger partial charge in [-0.2, -0.15) is 0 Å². The Kier molecular flexibility index (Phi) is 7.23. The van der Waals surface area contributed by atoms with Crippen LogP contribution in [0, 0.1) is 0 Å². The number of methoxy groups -OCH3 is 2. The summed E-state index contributed by atoms with van der Waals surface area (Å²) in [6.07, 6.45) is 6.49. The third kappa shape index (κ3) is 5.23. The van der Waals surface area contributed by atoms with Gasteiger partial charge in [0.05, 0.1) is 20.8 Å². The molecule has 188 valence electrons. The first-order chi connectivity index (χ1) is 17.6. The molecule has 5 rings (SSSR count). The van der Waals surface area contributed by atoms with Crippen LogP contribution in [0.2, 0.25) is 0 Å². The number of fused-ring (bicyclic) bond motifs is 1. The van der Waals surface area contributed by atoms with Gasteiger partial charge in [-0.25, -0.2) is 4.98 Å². The number of nitrogens with one attached hydrogen (secondary N) is 1. The Balaban J connectivity index is 1.36. The Hall–Kier alpha value is -3.78. The maximum absolute atomic E-state index is 12.8. The molecule has 1 fully saturated rings. The van der Waals surface area contributed by atoms with E-state index in [1.165, 1.54) is 17.2 Å².